The van der Waals surface area contributed by atoms with Gasteiger partial charge in [0.1, 0.15) is 13.2 Å². The third kappa shape index (κ3) is 6.10. The van der Waals surface area contributed by atoms with Gasteiger partial charge in [0.05, 0.1) is 0 Å². The largest absolute Gasteiger partial charge is 0.445 e. The lowest BCUT2D eigenvalue weighted by Crippen LogP contribution is -2.23. The van der Waals surface area contributed by atoms with Gasteiger partial charge in [-0.05, 0) is 40.1 Å². The highest BCUT2D eigenvalue weighted by atomic mass is 16.6. The van der Waals surface area contributed by atoms with E-state index in [1.165, 1.54) is 6.08 Å². The molecule has 0 aliphatic rings. The Morgan fingerprint density at radius 3 is 2.41 bits per heavy atom. The van der Waals surface area contributed by atoms with Crippen molar-refractivity contribution in [2.75, 3.05) is 11.9 Å². The molecule has 148 valence electrons. The Labute approximate surface area is 169 Å². The zero-order chi connectivity index (χ0) is 20.5. The van der Waals surface area contributed by atoms with Crippen LogP contribution in [0.3, 0.4) is 0 Å². The van der Waals surface area contributed by atoms with Crippen LogP contribution in [0, 0.1) is 0 Å². The summed E-state index contributed by atoms with van der Waals surface area (Å²) in [6.07, 6.45) is 0.508. The summed E-state index contributed by atoms with van der Waals surface area (Å²) in [6, 6.07) is 20.9. The highest BCUT2D eigenvalue weighted by Crippen LogP contribution is 2.21. The molecule has 0 aromatic heterocycles. The number of hydrogen-bond acceptors (Lipinski definition) is 4. The van der Waals surface area contributed by atoms with Crippen molar-refractivity contribution in [3.05, 3.63) is 90.5 Å². The van der Waals surface area contributed by atoms with Crippen molar-refractivity contribution in [1.82, 2.24) is 5.32 Å². The molecule has 6 nitrogen and oxygen atoms in total. The maximum Gasteiger partial charge on any atom is 0.411 e. The normalized spacial score (nSPS) is 10.2. The zero-order valence-corrected chi connectivity index (χ0v) is 15.9. The van der Waals surface area contributed by atoms with E-state index in [0.717, 1.165) is 21.9 Å². The number of nitrogens with one attached hydrogen (secondary N) is 2. The van der Waals surface area contributed by atoms with Crippen molar-refractivity contribution in [3.8, 4) is 0 Å². The van der Waals surface area contributed by atoms with Gasteiger partial charge in [0, 0.05) is 12.2 Å². The van der Waals surface area contributed by atoms with Crippen LogP contribution in [0.4, 0.5) is 15.3 Å². The molecule has 3 rings (SSSR count). The second-order valence-electron chi connectivity index (χ2n) is 6.32. The number of benzene rings is 3. The lowest BCUT2D eigenvalue weighted by Gasteiger charge is -2.09. The predicted molar refractivity (Wildman–Crippen MR) is 113 cm³/mol. The summed E-state index contributed by atoms with van der Waals surface area (Å²) >= 11 is 0. The summed E-state index contributed by atoms with van der Waals surface area (Å²) in [6.45, 7) is 4.24. The molecule has 0 saturated carbocycles. The first kappa shape index (κ1) is 19.9. The summed E-state index contributed by atoms with van der Waals surface area (Å²) in [7, 11) is 0. The molecule has 0 spiro atoms. The Bertz CT molecular complexity index is 1000. The van der Waals surface area contributed by atoms with Crippen LogP contribution in [-0.2, 0) is 22.6 Å². The molecule has 0 aliphatic carbocycles. The van der Waals surface area contributed by atoms with Crippen LogP contribution in [-0.4, -0.2) is 18.8 Å². The number of rotatable bonds is 7. The number of carbonyl (C=O) groups excluding carboxylic acids is 2. The molecule has 6 heteroatoms. The van der Waals surface area contributed by atoms with Crippen LogP contribution in [0.1, 0.15) is 11.1 Å². The third-order valence-electron chi connectivity index (χ3n) is 4.13. The maximum atomic E-state index is 11.9. The monoisotopic (exact) mass is 390 g/mol. The van der Waals surface area contributed by atoms with Gasteiger partial charge < -0.3 is 14.8 Å². The summed E-state index contributed by atoms with van der Waals surface area (Å²) in [5.74, 6) is 0. The van der Waals surface area contributed by atoms with E-state index in [-0.39, 0.29) is 13.2 Å². The smallest absolute Gasteiger partial charge is 0.411 e. The highest BCUT2D eigenvalue weighted by molar-refractivity contribution is 5.91. The molecular weight excluding hydrogens is 368 g/mol. The van der Waals surface area contributed by atoms with E-state index in [1.54, 1.807) is 6.07 Å². The Morgan fingerprint density at radius 2 is 1.62 bits per heavy atom. The van der Waals surface area contributed by atoms with Crippen LogP contribution in [0.2, 0.25) is 0 Å². The van der Waals surface area contributed by atoms with E-state index in [2.05, 4.69) is 17.2 Å². The second kappa shape index (κ2) is 9.94. The molecule has 3 aromatic carbocycles. The van der Waals surface area contributed by atoms with E-state index in [1.807, 2.05) is 60.7 Å². The Morgan fingerprint density at radius 1 is 0.862 bits per heavy atom. The number of hydrogen-bond donors (Lipinski definition) is 2. The zero-order valence-electron chi connectivity index (χ0n) is 15.9. The van der Waals surface area contributed by atoms with Gasteiger partial charge in [0.2, 0.25) is 0 Å². The summed E-state index contributed by atoms with van der Waals surface area (Å²) in [5.41, 5.74) is 2.52. The first-order chi connectivity index (χ1) is 14.1. The van der Waals surface area contributed by atoms with Crippen molar-refractivity contribution >= 4 is 28.6 Å². The lowest BCUT2D eigenvalue weighted by molar-refractivity contribution is 0.139. The fourth-order valence-corrected chi connectivity index (χ4v) is 2.72. The molecule has 29 heavy (non-hydrogen) atoms. The number of anilines is 1. The summed E-state index contributed by atoms with van der Waals surface area (Å²) < 4.78 is 10.2. The van der Waals surface area contributed by atoms with Gasteiger partial charge in [-0.3, -0.25) is 5.32 Å². The van der Waals surface area contributed by atoms with Crippen LogP contribution in [0.5, 0.6) is 0 Å². The standard InChI is InChI=1S/C23H22N2O4/c1-2-12-28-23(27)25-21-11-10-19-13-18(8-9-20(19)14-21)16-29-22(26)24-15-17-6-4-3-5-7-17/h2-11,13-14H,1,12,15-16H2,(H,24,26)(H,25,27). The van der Waals surface area contributed by atoms with Crippen molar-refractivity contribution in [3.63, 3.8) is 0 Å². The minimum atomic E-state index is -0.532. The number of fused-ring (bicyclic) bond motifs is 1. The minimum Gasteiger partial charge on any atom is -0.445 e. The molecule has 0 heterocycles. The van der Waals surface area contributed by atoms with Gasteiger partial charge in [-0.25, -0.2) is 9.59 Å². The van der Waals surface area contributed by atoms with Crippen LogP contribution >= 0.6 is 0 Å². The molecule has 0 saturated heterocycles. The summed E-state index contributed by atoms with van der Waals surface area (Å²) in [4.78, 5) is 23.5. The Hall–Kier alpha value is -3.80. The first-order valence-electron chi connectivity index (χ1n) is 9.16. The van der Waals surface area contributed by atoms with Gasteiger partial charge in [-0.1, -0.05) is 61.2 Å². The molecule has 0 fully saturated rings. The number of amides is 2. The maximum absolute atomic E-state index is 11.9. The molecule has 0 atom stereocenters. The Kier molecular flexibility index (Phi) is 6.84. The van der Waals surface area contributed by atoms with Gasteiger partial charge in [-0.2, -0.15) is 0 Å². The average molecular weight is 390 g/mol. The first-order valence-corrected chi connectivity index (χ1v) is 9.16. The molecule has 3 aromatic rings. The number of ether oxygens (including phenoxy) is 2. The van der Waals surface area contributed by atoms with Gasteiger partial charge in [0.25, 0.3) is 0 Å². The van der Waals surface area contributed by atoms with Gasteiger partial charge in [-0.15, -0.1) is 0 Å². The molecule has 0 bridgehead atoms. The third-order valence-corrected chi connectivity index (χ3v) is 4.13. The predicted octanol–water partition coefficient (Wildman–Crippen LogP) is 5.00. The molecule has 2 amide bonds. The molecule has 0 radical (unpaired) electrons. The summed E-state index contributed by atoms with van der Waals surface area (Å²) in [5, 5.41) is 7.31. The quantitative estimate of drug-likeness (QED) is 0.557. The number of carbonyl (C=O) groups is 2. The fraction of sp³-hybridized carbons (Fsp3) is 0.130. The fourth-order valence-electron chi connectivity index (χ4n) is 2.72. The number of alkyl carbamates (subject to hydrolysis) is 1. The average Bonchev–Trinajstić information content (AvgIpc) is 2.75. The van der Waals surface area contributed by atoms with Gasteiger partial charge >= 0.3 is 12.2 Å². The van der Waals surface area contributed by atoms with Crippen molar-refractivity contribution in [1.29, 1.82) is 0 Å². The van der Waals surface area contributed by atoms with E-state index in [0.29, 0.717) is 12.2 Å². The van der Waals surface area contributed by atoms with Crippen molar-refractivity contribution < 1.29 is 19.1 Å². The van der Waals surface area contributed by atoms with E-state index < -0.39 is 12.2 Å². The molecular formula is C23H22N2O4. The van der Waals surface area contributed by atoms with Crippen LogP contribution in [0.15, 0.2) is 79.4 Å². The van der Waals surface area contributed by atoms with E-state index in [9.17, 15) is 9.59 Å². The molecule has 0 unspecified atom stereocenters. The topological polar surface area (TPSA) is 76.7 Å². The van der Waals surface area contributed by atoms with Crippen molar-refractivity contribution in [2.45, 2.75) is 13.2 Å². The van der Waals surface area contributed by atoms with Gasteiger partial charge in [0.15, 0.2) is 0 Å². The highest BCUT2D eigenvalue weighted by Gasteiger charge is 2.06. The van der Waals surface area contributed by atoms with E-state index >= 15 is 0 Å². The van der Waals surface area contributed by atoms with Crippen molar-refractivity contribution in [2.24, 2.45) is 0 Å². The lowest BCUT2D eigenvalue weighted by atomic mass is 10.1. The SMILES string of the molecule is C=CCOC(=O)Nc1ccc2cc(COC(=O)NCc3ccccc3)ccc2c1. The molecule has 2 N–H and O–H groups in total. The van der Waals surface area contributed by atoms with Crippen LogP contribution < -0.4 is 10.6 Å². The minimum absolute atomic E-state index is 0.154. The molecule has 0 aliphatic heterocycles. The Balaban J connectivity index is 1.54. The second-order valence-corrected chi connectivity index (χ2v) is 6.32. The van der Waals surface area contributed by atoms with Crippen LogP contribution in [0.25, 0.3) is 10.8 Å². The van der Waals surface area contributed by atoms with E-state index in [4.69, 9.17) is 9.47 Å².